The Morgan fingerprint density at radius 2 is 1.59 bits per heavy atom. The molecule has 5 atom stereocenters. The third-order valence-electron chi connectivity index (χ3n) is 9.30. The molecule has 2 aliphatic heterocycles. The number of nitrogens with zero attached hydrogens (tertiary/aromatic N) is 3. The number of para-hydroxylation sites is 2. The summed E-state index contributed by atoms with van der Waals surface area (Å²) in [5.74, 6) is 1.45. The first-order valence-corrected chi connectivity index (χ1v) is 13.4. The molecule has 0 N–H and O–H groups in total. The molecule has 2 saturated carbocycles. The van der Waals surface area contributed by atoms with E-state index in [1.54, 1.807) is 0 Å². The maximum absolute atomic E-state index is 13.6. The molecular weight excluding hydrogens is 426 g/mol. The Hall–Kier alpha value is -2.21. The minimum atomic E-state index is -0.416. The number of aromatic nitrogens is 2. The summed E-state index contributed by atoms with van der Waals surface area (Å²) in [4.78, 5) is 33.1. The van der Waals surface area contributed by atoms with Crippen LogP contribution in [0, 0.1) is 11.8 Å². The van der Waals surface area contributed by atoms with Gasteiger partial charge >= 0.3 is 5.97 Å². The van der Waals surface area contributed by atoms with Crippen molar-refractivity contribution in [2.45, 2.75) is 101 Å². The molecule has 1 aromatic carbocycles. The summed E-state index contributed by atoms with van der Waals surface area (Å²) in [5.41, 5.74) is 1.87. The van der Waals surface area contributed by atoms with Gasteiger partial charge in [0.25, 0.3) is 5.56 Å². The molecule has 4 fully saturated rings. The number of carbonyl (C=O) groups excluding carboxylic acids is 1. The van der Waals surface area contributed by atoms with Gasteiger partial charge in [0.05, 0.1) is 24.6 Å². The van der Waals surface area contributed by atoms with Crippen molar-refractivity contribution in [3.63, 3.8) is 0 Å². The van der Waals surface area contributed by atoms with Gasteiger partial charge in [-0.05, 0) is 68.9 Å². The van der Waals surface area contributed by atoms with Crippen LogP contribution in [-0.2, 0) is 16.0 Å². The van der Waals surface area contributed by atoms with E-state index in [1.165, 1.54) is 64.9 Å². The summed E-state index contributed by atoms with van der Waals surface area (Å²) < 4.78 is 6.83. The first-order chi connectivity index (χ1) is 16.6. The van der Waals surface area contributed by atoms with Gasteiger partial charge < -0.3 is 9.30 Å². The van der Waals surface area contributed by atoms with Crippen LogP contribution in [0.5, 0.6) is 0 Å². The molecule has 34 heavy (non-hydrogen) atoms. The highest BCUT2D eigenvalue weighted by Gasteiger charge is 2.45. The summed E-state index contributed by atoms with van der Waals surface area (Å²) in [6, 6.07) is 9.90. The molecule has 0 spiro atoms. The first-order valence-electron chi connectivity index (χ1n) is 13.4. The molecule has 2 saturated heterocycles. The minimum absolute atomic E-state index is 0.0727. The molecule has 1 aromatic heterocycles. The zero-order chi connectivity index (χ0) is 23.2. The van der Waals surface area contributed by atoms with E-state index >= 15 is 0 Å². The van der Waals surface area contributed by atoms with Crippen LogP contribution in [-0.4, -0.2) is 45.7 Å². The van der Waals surface area contributed by atoms with Crippen molar-refractivity contribution in [2.75, 3.05) is 7.11 Å². The normalized spacial score (nSPS) is 33.6. The SMILES string of the molecule is COC(=O)Cc1nc2ccccc2n(C2CC3CCC[C@H](C2)N3C2CC3CCCC(C3)C2)c1=O. The van der Waals surface area contributed by atoms with Gasteiger partial charge in [-0.25, -0.2) is 4.98 Å². The van der Waals surface area contributed by atoms with Crippen molar-refractivity contribution in [3.8, 4) is 0 Å². The van der Waals surface area contributed by atoms with Crippen LogP contribution in [0.15, 0.2) is 29.1 Å². The summed E-state index contributed by atoms with van der Waals surface area (Å²) in [5, 5.41) is 0. The maximum atomic E-state index is 13.6. The number of carbonyl (C=O) groups is 1. The predicted octanol–water partition coefficient (Wildman–Crippen LogP) is 4.64. The Bertz CT molecular complexity index is 1100. The summed E-state index contributed by atoms with van der Waals surface area (Å²) in [6.07, 6.45) is 14.3. The molecular formula is C28H37N3O3. The highest BCUT2D eigenvalue weighted by Crippen LogP contribution is 2.47. The Balaban J connectivity index is 1.33. The Morgan fingerprint density at radius 1 is 0.912 bits per heavy atom. The van der Waals surface area contributed by atoms with Crippen molar-refractivity contribution < 1.29 is 9.53 Å². The Morgan fingerprint density at radius 3 is 2.29 bits per heavy atom. The molecule has 4 aliphatic rings. The fourth-order valence-corrected chi connectivity index (χ4v) is 8.03. The maximum Gasteiger partial charge on any atom is 0.311 e. The molecule has 4 bridgehead atoms. The third kappa shape index (κ3) is 3.98. The number of benzene rings is 1. The van der Waals surface area contributed by atoms with Crippen molar-refractivity contribution in [3.05, 3.63) is 40.3 Å². The molecule has 6 rings (SSSR count). The molecule has 0 amide bonds. The quantitative estimate of drug-likeness (QED) is 0.618. The van der Waals surface area contributed by atoms with Crippen LogP contribution in [0.25, 0.3) is 11.0 Å². The number of methoxy groups -OCH3 is 1. The molecule has 6 nitrogen and oxygen atoms in total. The zero-order valence-corrected chi connectivity index (χ0v) is 20.3. The van der Waals surface area contributed by atoms with Gasteiger partial charge in [-0.2, -0.15) is 0 Å². The Labute approximate surface area is 201 Å². The number of ether oxygens (including phenoxy) is 1. The summed E-state index contributed by atoms with van der Waals surface area (Å²) >= 11 is 0. The Kier molecular flexibility index (Phi) is 5.96. The highest BCUT2D eigenvalue weighted by molar-refractivity contribution is 5.77. The van der Waals surface area contributed by atoms with E-state index in [0.29, 0.717) is 17.8 Å². The van der Waals surface area contributed by atoms with Crippen LogP contribution in [0.1, 0.15) is 82.4 Å². The first kappa shape index (κ1) is 22.3. The van der Waals surface area contributed by atoms with Gasteiger partial charge in [0.15, 0.2) is 0 Å². The molecule has 4 unspecified atom stereocenters. The predicted molar refractivity (Wildman–Crippen MR) is 132 cm³/mol. The topological polar surface area (TPSA) is 64.4 Å². The highest BCUT2D eigenvalue weighted by atomic mass is 16.5. The fraction of sp³-hybridized carbons (Fsp3) is 0.679. The average molecular weight is 464 g/mol. The van der Waals surface area contributed by atoms with Gasteiger partial charge in [-0.3, -0.25) is 14.5 Å². The average Bonchev–Trinajstić information content (AvgIpc) is 2.83. The summed E-state index contributed by atoms with van der Waals surface area (Å²) in [6.45, 7) is 0. The molecule has 6 heteroatoms. The zero-order valence-electron chi connectivity index (χ0n) is 20.3. The lowest BCUT2D eigenvalue weighted by Gasteiger charge is -2.55. The number of rotatable bonds is 4. The molecule has 182 valence electrons. The number of fused-ring (bicyclic) bond motifs is 5. The monoisotopic (exact) mass is 463 g/mol. The number of hydrogen-bond acceptors (Lipinski definition) is 5. The van der Waals surface area contributed by atoms with E-state index in [-0.39, 0.29) is 18.0 Å². The van der Waals surface area contributed by atoms with E-state index < -0.39 is 5.97 Å². The number of hydrogen-bond donors (Lipinski definition) is 0. The number of esters is 1. The van der Waals surface area contributed by atoms with E-state index in [2.05, 4.69) is 9.88 Å². The van der Waals surface area contributed by atoms with Crippen molar-refractivity contribution in [1.29, 1.82) is 0 Å². The smallest absolute Gasteiger partial charge is 0.311 e. The summed E-state index contributed by atoms with van der Waals surface area (Å²) in [7, 11) is 1.36. The van der Waals surface area contributed by atoms with Crippen LogP contribution < -0.4 is 5.56 Å². The largest absolute Gasteiger partial charge is 0.469 e. The second kappa shape index (κ2) is 9.10. The molecule has 2 aromatic rings. The third-order valence-corrected chi connectivity index (χ3v) is 9.30. The van der Waals surface area contributed by atoms with Gasteiger partial charge in [-0.15, -0.1) is 0 Å². The van der Waals surface area contributed by atoms with E-state index in [0.717, 1.165) is 41.8 Å². The van der Waals surface area contributed by atoms with Gasteiger partial charge in [0.2, 0.25) is 0 Å². The van der Waals surface area contributed by atoms with Crippen molar-refractivity contribution in [1.82, 2.24) is 14.5 Å². The second-order valence-electron chi connectivity index (χ2n) is 11.3. The molecule has 2 aliphatic carbocycles. The lowest BCUT2D eigenvalue weighted by molar-refractivity contribution is -0.139. The van der Waals surface area contributed by atoms with Crippen LogP contribution in [0.2, 0.25) is 0 Å². The van der Waals surface area contributed by atoms with Crippen LogP contribution >= 0.6 is 0 Å². The van der Waals surface area contributed by atoms with Crippen LogP contribution in [0.4, 0.5) is 0 Å². The molecule has 3 heterocycles. The van der Waals surface area contributed by atoms with Crippen LogP contribution in [0.3, 0.4) is 0 Å². The van der Waals surface area contributed by atoms with Gasteiger partial charge in [0, 0.05) is 24.2 Å². The van der Waals surface area contributed by atoms with Gasteiger partial charge in [0.1, 0.15) is 5.69 Å². The lowest BCUT2D eigenvalue weighted by atomic mass is 9.68. The van der Waals surface area contributed by atoms with E-state index in [1.807, 2.05) is 28.8 Å². The standard InChI is InChI=1S/C28H37N3O3/c1-34-27(32)17-25-28(33)31(26-11-3-2-10-24(26)29-25)23-15-20-8-5-9-21(16-23)30(20)22-13-18-6-4-7-19(12-18)14-22/h2-3,10-11,18-23H,4-9,12-17H2,1H3/t18?,19?,20-,21?,22?,23?/m1/s1. The number of piperidine rings is 2. The van der Waals surface area contributed by atoms with E-state index in [4.69, 9.17) is 4.74 Å². The fourth-order valence-electron chi connectivity index (χ4n) is 8.03. The molecule has 0 radical (unpaired) electrons. The second-order valence-corrected chi connectivity index (χ2v) is 11.3. The van der Waals surface area contributed by atoms with Crippen molar-refractivity contribution >= 4 is 17.0 Å². The van der Waals surface area contributed by atoms with Gasteiger partial charge in [-0.1, -0.05) is 37.8 Å². The van der Waals surface area contributed by atoms with Crippen molar-refractivity contribution in [2.24, 2.45) is 11.8 Å². The lowest BCUT2D eigenvalue weighted by Crippen LogP contribution is -2.58. The minimum Gasteiger partial charge on any atom is -0.469 e. The van der Waals surface area contributed by atoms with E-state index in [9.17, 15) is 9.59 Å².